The molecular weight excluding hydrogens is 284 g/mol. The van der Waals surface area contributed by atoms with Crippen LogP contribution in [-0.2, 0) is 11.2 Å². The van der Waals surface area contributed by atoms with E-state index in [2.05, 4.69) is 13.8 Å². The molecule has 0 unspecified atom stereocenters. The van der Waals surface area contributed by atoms with Gasteiger partial charge in [-0.2, -0.15) is 0 Å². The quantitative estimate of drug-likeness (QED) is 0.749. The second kappa shape index (κ2) is 8.62. The van der Waals surface area contributed by atoms with E-state index in [4.69, 9.17) is 22.7 Å². The van der Waals surface area contributed by atoms with Crippen LogP contribution in [0.15, 0.2) is 24.3 Å². The van der Waals surface area contributed by atoms with Crippen molar-refractivity contribution in [3.63, 3.8) is 0 Å². The molecule has 0 bridgehead atoms. The molecule has 4 nitrogen and oxygen atoms in total. The predicted molar refractivity (Wildman–Crippen MR) is 89.5 cm³/mol. The molecule has 0 aliphatic carbocycles. The second-order valence-corrected chi connectivity index (χ2v) is 6.00. The third-order valence-corrected chi connectivity index (χ3v) is 3.26. The number of carbonyl (C=O) groups excluding carboxylic acids is 1. The fourth-order valence-electron chi connectivity index (χ4n) is 2.07. The molecule has 0 atom stereocenters. The van der Waals surface area contributed by atoms with Crippen molar-refractivity contribution in [3.05, 3.63) is 29.8 Å². The Labute approximate surface area is 132 Å². The van der Waals surface area contributed by atoms with Gasteiger partial charge in [0.25, 0.3) is 0 Å². The number of thiocarbonyl (C=S) groups is 1. The van der Waals surface area contributed by atoms with Gasteiger partial charge in [-0.3, -0.25) is 4.79 Å². The van der Waals surface area contributed by atoms with E-state index in [1.807, 2.05) is 29.2 Å². The molecule has 0 fully saturated rings. The maximum Gasteiger partial charge on any atom is 0.227 e. The summed E-state index contributed by atoms with van der Waals surface area (Å²) in [5, 5.41) is 0. The van der Waals surface area contributed by atoms with Crippen LogP contribution in [0.2, 0.25) is 0 Å². The zero-order valence-electron chi connectivity index (χ0n) is 13.0. The Balaban J connectivity index is 2.71. The molecule has 1 amide bonds. The van der Waals surface area contributed by atoms with E-state index in [1.165, 1.54) is 0 Å². The molecule has 0 aromatic heterocycles. The lowest BCUT2D eigenvalue weighted by Crippen LogP contribution is -2.37. The third-order valence-electron chi connectivity index (χ3n) is 3.06. The van der Waals surface area contributed by atoms with Gasteiger partial charge in [0.15, 0.2) is 0 Å². The van der Waals surface area contributed by atoms with Crippen molar-refractivity contribution < 1.29 is 9.53 Å². The Hall–Kier alpha value is -1.62. The van der Waals surface area contributed by atoms with E-state index < -0.39 is 0 Å². The molecule has 0 aliphatic heterocycles. The van der Waals surface area contributed by atoms with Gasteiger partial charge in [-0.15, -0.1) is 0 Å². The fraction of sp³-hybridized carbons (Fsp3) is 0.500. The first-order valence-electron chi connectivity index (χ1n) is 7.11. The van der Waals surface area contributed by atoms with E-state index in [-0.39, 0.29) is 5.91 Å². The van der Waals surface area contributed by atoms with E-state index in [9.17, 15) is 4.79 Å². The summed E-state index contributed by atoms with van der Waals surface area (Å²) in [6.07, 6.45) is 0.924. The summed E-state index contributed by atoms with van der Waals surface area (Å²) < 4.78 is 5.18. The number of methoxy groups -OCH3 is 1. The minimum atomic E-state index is 0.0909. The number of nitrogens with zero attached hydrogens (tertiary/aromatic N) is 1. The highest BCUT2D eigenvalue weighted by atomic mass is 32.1. The van der Waals surface area contributed by atoms with Gasteiger partial charge in [-0.1, -0.05) is 38.2 Å². The Kier molecular flexibility index (Phi) is 7.15. The highest BCUT2D eigenvalue weighted by Crippen LogP contribution is 2.14. The highest BCUT2D eigenvalue weighted by Gasteiger charge is 2.15. The molecule has 21 heavy (non-hydrogen) atoms. The topological polar surface area (TPSA) is 55.6 Å². The van der Waals surface area contributed by atoms with Crippen LogP contribution in [0.1, 0.15) is 25.8 Å². The van der Waals surface area contributed by atoms with Crippen molar-refractivity contribution in [3.8, 4) is 5.75 Å². The molecule has 1 rings (SSSR count). The molecule has 1 aromatic carbocycles. The number of ether oxygens (including phenoxy) is 1. The molecule has 0 radical (unpaired) electrons. The Bertz CT molecular complexity index is 489. The van der Waals surface area contributed by atoms with E-state index in [1.54, 1.807) is 7.11 Å². The molecule has 116 valence electrons. The summed E-state index contributed by atoms with van der Waals surface area (Å²) in [5.74, 6) is 1.26. The van der Waals surface area contributed by atoms with Crippen molar-refractivity contribution in [2.75, 3.05) is 20.2 Å². The molecule has 0 heterocycles. The normalized spacial score (nSPS) is 10.5. The minimum absolute atomic E-state index is 0.0909. The van der Waals surface area contributed by atoms with Crippen LogP contribution in [0, 0.1) is 5.92 Å². The zero-order valence-corrected chi connectivity index (χ0v) is 13.8. The summed E-state index contributed by atoms with van der Waals surface area (Å²) in [7, 11) is 1.62. The van der Waals surface area contributed by atoms with E-state index in [0.29, 0.717) is 36.8 Å². The summed E-state index contributed by atoms with van der Waals surface area (Å²) in [5.41, 5.74) is 6.49. The van der Waals surface area contributed by atoms with Gasteiger partial charge in [0.2, 0.25) is 5.91 Å². The van der Waals surface area contributed by atoms with E-state index in [0.717, 1.165) is 11.3 Å². The van der Waals surface area contributed by atoms with Crippen LogP contribution in [0.25, 0.3) is 0 Å². The average molecular weight is 308 g/mol. The number of benzene rings is 1. The molecule has 2 N–H and O–H groups in total. The lowest BCUT2D eigenvalue weighted by Gasteiger charge is -2.24. The first-order valence-corrected chi connectivity index (χ1v) is 7.52. The van der Waals surface area contributed by atoms with Crippen LogP contribution in [-0.4, -0.2) is 36.0 Å². The van der Waals surface area contributed by atoms with Crippen molar-refractivity contribution in [2.24, 2.45) is 11.7 Å². The molecule has 0 spiro atoms. The van der Waals surface area contributed by atoms with Crippen molar-refractivity contribution in [1.82, 2.24) is 4.90 Å². The largest absolute Gasteiger partial charge is 0.497 e. The van der Waals surface area contributed by atoms with Gasteiger partial charge in [0, 0.05) is 19.5 Å². The molecule has 1 aromatic rings. The maximum atomic E-state index is 12.5. The second-order valence-electron chi connectivity index (χ2n) is 5.48. The highest BCUT2D eigenvalue weighted by molar-refractivity contribution is 7.80. The smallest absolute Gasteiger partial charge is 0.227 e. The van der Waals surface area contributed by atoms with Gasteiger partial charge in [-0.05, 0) is 23.6 Å². The van der Waals surface area contributed by atoms with Crippen LogP contribution in [0.4, 0.5) is 0 Å². The number of carbonyl (C=O) groups is 1. The molecular formula is C16H24N2O2S. The van der Waals surface area contributed by atoms with Crippen LogP contribution < -0.4 is 10.5 Å². The van der Waals surface area contributed by atoms with Crippen LogP contribution >= 0.6 is 12.2 Å². The third kappa shape index (κ3) is 6.58. The first kappa shape index (κ1) is 17.4. The molecule has 5 heteroatoms. The lowest BCUT2D eigenvalue weighted by molar-refractivity contribution is -0.130. The molecule has 0 saturated carbocycles. The van der Waals surface area contributed by atoms with Crippen molar-refractivity contribution in [1.29, 1.82) is 0 Å². The summed E-state index contributed by atoms with van der Waals surface area (Å²) >= 11 is 4.90. The Morgan fingerprint density at radius 3 is 2.71 bits per heavy atom. The van der Waals surface area contributed by atoms with Gasteiger partial charge in [0.1, 0.15) is 5.75 Å². The number of rotatable bonds is 8. The Morgan fingerprint density at radius 2 is 2.14 bits per heavy atom. The zero-order chi connectivity index (χ0) is 15.8. The van der Waals surface area contributed by atoms with Crippen LogP contribution in [0.5, 0.6) is 5.75 Å². The predicted octanol–water partition coefficient (Wildman–Crippen LogP) is 2.40. The van der Waals surface area contributed by atoms with Gasteiger partial charge in [0.05, 0.1) is 18.5 Å². The summed E-state index contributed by atoms with van der Waals surface area (Å²) in [4.78, 5) is 14.7. The van der Waals surface area contributed by atoms with Gasteiger partial charge >= 0.3 is 0 Å². The van der Waals surface area contributed by atoms with Crippen molar-refractivity contribution >= 4 is 23.1 Å². The number of amides is 1. The van der Waals surface area contributed by atoms with Gasteiger partial charge in [-0.25, -0.2) is 0 Å². The monoisotopic (exact) mass is 308 g/mol. The average Bonchev–Trinajstić information content (AvgIpc) is 2.43. The SMILES string of the molecule is COc1cccc(CC(=O)N(CCC(N)=S)CC(C)C)c1. The van der Waals surface area contributed by atoms with Crippen LogP contribution in [0.3, 0.4) is 0 Å². The standard InChI is InChI=1S/C16H24N2O2S/c1-12(2)11-18(8-7-15(17)21)16(19)10-13-5-4-6-14(9-13)20-3/h4-6,9,12H,7-8,10-11H2,1-3H3,(H2,17,21). The maximum absolute atomic E-state index is 12.5. The fourth-order valence-corrected chi connectivity index (χ4v) is 2.16. The number of hydrogen-bond acceptors (Lipinski definition) is 3. The van der Waals surface area contributed by atoms with Gasteiger partial charge < -0.3 is 15.4 Å². The summed E-state index contributed by atoms with van der Waals surface area (Å²) in [6, 6.07) is 7.58. The first-order chi connectivity index (χ1) is 9.92. The number of hydrogen-bond donors (Lipinski definition) is 1. The summed E-state index contributed by atoms with van der Waals surface area (Å²) in [6.45, 7) is 5.47. The molecule has 0 aliphatic rings. The lowest BCUT2D eigenvalue weighted by atomic mass is 10.1. The number of nitrogens with two attached hydrogens (primary N) is 1. The minimum Gasteiger partial charge on any atom is -0.497 e. The van der Waals surface area contributed by atoms with Crippen molar-refractivity contribution in [2.45, 2.75) is 26.7 Å². The molecule has 0 saturated heterocycles. The van der Waals surface area contributed by atoms with E-state index >= 15 is 0 Å². The Morgan fingerprint density at radius 1 is 1.43 bits per heavy atom.